The number of nitriles is 1. The first-order valence-electron chi connectivity index (χ1n) is 14.1. The van der Waals surface area contributed by atoms with Crippen molar-refractivity contribution in [2.75, 3.05) is 41.1 Å². The maximum absolute atomic E-state index is 14.1. The van der Waals surface area contributed by atoms with Crippen LogP contribution in [0.1, 0.15) is 65.8 Å². The van der Waals surface area contributed by atoms with Gasteiger partial charge in [0.2, 0.25) is 10.0 Å². The number of aromatic nitrogens is 3. The predicted octanol–water partition coefficient (Wildman–Crippen LogP) is 3.85. The number of aryl methyl sites for hydroxylation is 2. The number of nitrogens with zero attached hydrogens (tertiary/aromatic N) is 7. The first-order chi connectivity index (χ1) is 19.2. The van der Waals surface area contributed by atoms with Gasteiger partial charge in [-0.15, -0.1) is 0 Å². The second-order valence-electron chi connectivity index (χ2n) is 11.5. The molecule has 6 rings (SSSR count). The first kappa shape index (κ1) is 26.6. The summed E-state index contributed by atoms with van der Waals surface area (Å²) in [5.74, 6) is 1.08. The summed E-state index contributed by atoms with van der Waals surface area (Å²) in [6.45, 7) is 8.46. The molecule has 3 aliphatic heterocycles. The van der Waals surface area contributed by atoms with Crippen LogP contribution in [-0.4, -0.2) is 65.8 Å². The van der Waals surface area contributed by atoms with Crippen LogP contribution in [-0.2, 0) is 10.0 Å². The molecular weight excluding hydrogens is 526 g/mol. The number of carbonyl (C=O) groups excluding carboxylic acids is 1. The molecular formula is C29H35N7O3S. The lowest BCUT2D eigenvalue weighted by Crippen LogP contribution is -2.39. The van der Waals surface area contributed by atoms with Crippen LogP contribution < -0.4 is 9.21 Å². The lowest BCUT2D eigenvalue weighted by molar-refractivity contribution is 0.0606. The molecule has 3 saturated heterocycles. The molecule has 3 fully saturated rings. The zero-order chi connectivity index (χ0) is 28.2. The highest BCUT2D eigenvalue weighted by atomic mass is 32.2. The largest absolute Gasteiger partial charge is 0.355 e. The van der Waals surface area contributed by atoms with Crippen molar-refractivity contribution >= 4 is 33.1 Å². The molecule has 3 aliphatic rings. The van der Waals surface area contributed by atoms with Crippen LogP contribution in [0.3, 0.4) is 0 Å². The topological polar surface area (TPSA) is 115 Å². The average Bonchev–Trinajstić information content (AvgIpc) is 3.63. The van der Waals surface area contributed by atoms with Gasteiger partial charge in [-0.3, -0.25) is 9.10 Å². The Hall–Kier alpha value is -3.65. The SMILES string of the molecule is Cc1ccc(N2CCCS2(=O)=O)c(C(=O)N2CCCC[C@H]2c2cc3nc(N4C[C@@H](C#N)[C@@H](C)C4)c(C)cn3n2)c1. The van der Waals surface area contributed by atoms with Crippen LogP contribution in [0.5, 0.6) is 0 Å². The van der Waals surface area contributed by atoms with Gasteiger partial charge in [0.1, 0.15) is 5.82 Å². The van der Waals surface area contributed by atoms with Crippen LogP contribution in [0.2, 0.25) is 0 Å². The molecule has 0 unspecified atom stereocenters. The molecule has 0 radical (unpaired) electrons. The molecule has 2 aromatic heterocycles. The van der Waals surface area contributed by atoms with Gasteiger partial charge in [0, 0.05) is 44.0 Å². The number of hydrogen-bond donors (Lipinski definition) is 0. The number of anilines is 2. The zero-order valence-electron chi connectivity index (χ0n) is 23.2. The fourth-order valence-corrected chi connectivity index (χ4v) is 7.98. The summed E-state index contributed by atoms with van der Waals surface area (Å²) in [6.07, 6.45) is 5.16. The Morgan fingerprint density at radius 3 is 2.65 bits per heavy atom. The number of hydrogen-bond acceptors (Lipinski definition) is 7. The molecule has 3 atom stereocenters. The molecule has 0 aliphatic carbocycles. The van der Waals surface area contributed by atoms with Crippen LogP contribution in [0.25, 0.3) is 5.65 Å². The number of benzene rings is 1. The third-order valence-electron chi connectivity index (χ3n) is 8.56. The van der Waals surface area contributed by atoms with Crippen LogP contribution in [0.4, 0.5) is 11.5 Å². The van der Waals surface area contributed by atoms with E-state index in [1.807, 2.05) is 43.1 Å². The van der Waals surface area contributed by atoms with Crippen molar-refractivity contribution in [1.29, 1.82) is 5.26 Å². The summed E-state index contributed by atoms with van der Waals surface area (Å²) < 4.78 is 28.7. The molecule has 0 bridgehead atoms. The summed E-state index contributed by atoms with van der Waals surface area (Å²) in [5.41, 5.74) is 4.27. The first-order valence-corrected chi connectivity index (χ1v) is 15.7. The van der Waals surface area contributed by atoms with Gasteiger partial charge in [0.25, 0.3) is 5.91 Å². The zero-order valence-corrected chi connectivity index (χ0v) is 24.1. The number of sulfonamides is 1. The standard InChI is InChI=1S/C29H35N7O3S/c1-19-8-9-25(36-11-6-12-40(36,38)39)23(13-19)29(37)34-10-5-4-7-26(34)24-14-27-31-28(21(3)17-35(27)32-24)33-16-20(2)22(15-30)18-33/h8-9,13-14,17,20,22,26H,4-7,10-12,16,18H2,1-3H3/t20-,22+,26-/m0/s1. The van der Waals surface area contributed by atoms with Crippen molar-refractivity contribution in [3.8, 4) is 6.07 Å². The molecule has 10 nitrogen and oxygen atoms in total. The highest BCUT2D eigenvalue weighted by Gasteiger charge is 2.36. The lowest BCUT2D eigenvalue weighted by Gasteiger charge is -2.35. The van der Waals surface area contributed by atoms with Crippen molar-refractivity contribution in [3.63, 3.8) is 0 Å². The highest BCUT2D eigenvalue weighted by Crippen LogP contribution is 2.36. The quantitative estimate of drug-likeness (QED) is 0.475. The van der Waals surface area contributed by atoms with Crippen molar-refractivity contribution in [3.05, 3.63) is 52.8 Å². The Morgan fingerprint density at radius 1 is 1.10 bits per heavy atom. The Bertz CT molecular complexity index is 1630. The van der Waals surface area contributed by atoms with E-state index in [1.54, 1.807) is 10.6 Å². The Labute approximate surface area is 235 Å². The fourth-order valence-electron chi connectivity index (χ4n) is 6.40. The van der Waals surface area contributed by atoms with Gasteiger partial charge in [0.05, 0.1) is 40.7 Å². The van der Waals surface area contributed by atoms with Crippen molar-refractivity contribution in [2.45, 2.75) is 52.5 Å². The Balaban J connectivity index is 1.34. The smallest absolute Gasteiger partial charge is 0.256 e. The molecule has 5 heterocycles. The number of piperidine rings is 1. The predicted molar refractivity (Wildman–Crippen MR) is 153 cm³/mol. The van der Waals surface area contributed by atoms with Gasteiger partial charge in [-0.2, -0.15) is 10.4 Å². The molecule has 210 valence electrons. The minimum Gasteiger partial charge on any atom is -0.355 e. The fraction of sp³-hybridized carbons (Fsp3) is 0.517. The Morgan fingerprint density at radius 2 is 1.93 bits per heavy atom. The molecule has 1 aromatic carbocycles. The molecule has 11 heteroatoms. The second-order valence-corrected chi connectivity index (χ2v) is 13.5. The minimum atomic E-state index is -3.43. The Kier molecular flexibility index (Phi) is 6.69. The molecule has 1 amide bonds. The van der Waals surface area contributed by atoms with Crippen molar-refractivity contribution < 1.29 is 13.2 Å². The van der Waals surface area contributed by atoms with E-state index in [2.05, 4.69) is 17.9 Å². The number of carbonyl (C=O) groups is 1. The van der Waals surface area contributed by atoms with Crippen LogP contribution in [0.15, 0.2) is 30.5 Å². The van der Waals surface area contributed by atoms with E-state index < -0.39 is 10.0 Å². The summed E-state index contributed by atoms with van der Waals surface area (Å²) in [6, 6.07) is 9.58. The maximum Gasteiger partial charge on any atom is 0.256 e. The van der Waals surface area contributed by atoms with E-state index in [-0.39, 0.29) is 29.5 Å². The van der Waals surface area contributed by atoms with E-state index >= 15 is 0 Å². The molecule has 0 spiro atoms. The van der Waals surface area contributed by atoms with E-state index in [0.717, 1.165) is 48.4 Å². The van der Waals surface area contributed by atoms with Gasteiger partial charge in [-0.25, -0.2) is 17.9 Å². The summed E-state index contributed by atoms with van der Waals surface area (Å²) in [5, 5.41) is 14.3. The average molecular weight is 562 g/mol. The maximum atomic E-state index is 14.1. The van der Waals surface area contributed by atoms with E-state index in [9.17, 15) is 18.5 Å². The number of fused-ring (bicyclic) bond motifs is 1. The van der Waals surface area contributed by atoms with Crippen LogP contribution >= 0.6 is 0 Å². The van der Waals surface area contributed by atoms with E-state index in [0.29, 0.717) is 43.0 Å². The summed E-state index contributed by atoms with van der Waals surface area (Å²) >= 11 is 0. The molecule has 0 saturated carbocycles. The number of rotatable bonds is 4. The van der Waals surface area contributed by atoms with E-state index in [1.165, 1.54) is 4.31 Å². The van der Waals surface area contributed by atoms with Gasteiger partial charge in [-0.05, 0) is 57.6 Å². The second kappa shape index (κ2) is 10.1. The van der Waals surface area contributed by atoms with Gasteiger partial charge >= 0.3 is 0 Å². The van der Waals surface area contributed by atoms with Crippen molar-refractivity contribution in [1.82, 2.24) is 19.5 Å². The minimum absolute atomic E-state index is 0.0123. The lowest BCUT2D eigenvalue weighted by atomic mass is 9.97. The van der Waals surface area contributed by atoms with Gasteiger partial charge in [0.15, 0.2) is 5.65 Å². The van der Waals surface area contributed by atoms with Gasteiger partial charge in [-0.1, -0.05) is 18.6 Å². The molecule has 40 heavy (non-hydrogen) atoms. The number of amides is 1. The highest BCUT2D eigenvalue weighted by molar-refractivity contribution is 7.93. The normalized spacial score (nSPS) is 24.6. The third-order valence-corrected chi connectivity index (χ3v) is 10.4. The monoisotopic (exact) mass is 561 g/mol. The van der Waals surface area contributed by atoms with Gasteiger partial charge < -0.3 is 9.80 Å². The molecule has 3 aromatic rings. The van der Waals surface area contributed by atoms with Crippen molar-refractivity contribution in [2.24, 2.45) is 11.8 Å². The summed E-state index contributed by atoms with van der Waals surface area (Å²) in [7, 11) is -3.43. The molecule has 0 N–H and O–H groups in total. The third kappa shape index (κ3) is 4.58. The van der Waals surface area contributed by atoms with Crippen LogP contribution in [0, 0.1) is 37.0 Å². The number of likely N-dealkylation sites (tertiary alicyclic amines) is 1. The summed E-state index contributed by atoms with van der Waals surface area (Å²) in [4.78, 5) is 23.1. The van der Waals surface area contributed by atoms with E-state index in [4.69, 9.17) is 10.1 Å².